The van der Waals surface area contributed by atoms with E-state index in [4.69, 9.17) is 9.72 Å². The number of rotatable bonds is 9. The largest absolute Gasteiger partial charge is 0.493 e. The van der Waals surface area contributed by atoms with E-state index in [1.54, 1.807) is 13.0 Å². The number of benzene rings is 1. The molecule has 0 atom stereocenters. The number of hydrogen-bond donors (Lipinski definition) is 2. The molecule has 0 amide bonds. The summed E-state index contributed by atoms with van der Waals surface area (Å²) in [6.45, 7) is 10.4. The van der Waals surface area contributed by atoms with Gasteiger partial charge in [0, 0.05) is 12.5 Å². The highest BCUT2D eigenvalue weighted by Crippen LogP contribution is 2.36. The van der Waals surface area contributed by atoms with E-state index in [2.05, 4.69) is 14.7 Å². The van der Waals surface area contributed by atoms with Crippen molar-refractivity contribution in [2.45, 2.75) is 77.5 Å². The van der Waals surface area contributed by atoms with Gasteiger partial charge >= 0.3 is 5.69 Å². The van der Waals surface area contributed by atoms with Crippen molar-refractivity contribution in [3.05, 3.63) is 40.2 Å². The summed E-state index contributed by atoms with van der Waals surface area (Å²) in [6, 6.07) is 4.64. The Morgan fingerprint density at radius 1 is 1.20 bits per heavy atom. The molecule has 0 unspecified atom stereocenters. The number of hydrogen-bond acceptors (Lipinski definition) is 6. The Morgan fingerprint density at radius 2 is 1.91 bits per heavy atom. The molecule has 2 aromatic heterocycles. The zero-order valence-electron chi connectivity index (χ0n) is 21.1. The fourth-order valence-electron chi connectivity index (χ4n) is 4.43. The normalized spacial score (nSPS) is 15.2. The predicted molar refractivity (Wildman–Crippen MR) is 135 cm³/mol. The maximum Gasteiger partial charge on any atom is 0.334 e. The number of nitrogens with zero attached hydrogens (tertiary/aromatic N) is 3. The molecule has 9 nitrogen and oxygen atoms in total. The van der Waals surface area contributed by atoms with Crippen molar-refractivity contribution in [2.75, 3.05) is 13.2 Å². The monoisotopic (exact) mass is 501 g/mol. The van der Waals surface area contributed by atoms with E-state index in [-0.39, 0.29) is 27.7 Å². The predicted octanol–water partition coefficient (Wildman–Crippen LogP) is 4.16. The van der Waals surface area contributed by atoms with E-state index in [1.165, 1.54) is 16.5 Å². The maximum atomic E-state index is 13.1. The number of aromatic nitrogens is 4. The molecule has 10 heteroatoms. The van der Waals surface area contributed by atoms with Crippen LogP contribution in [0.25, 0.3) is 17.0 Å². The summed E-state index contributed by atoms with van der Waals surface area (Å²) in [5.74, 6) is 1.57. The minimum Gasteiger partial charge on any atom is -0.493 e. The summed E-state index contributed by atoms with van der Waals surface area (Å²) < 4.78 is 36.2. The van der Waals surface area contributed by atoms with Crippen LogP contribution in [0.1, 0.15) is 77.2 Å². The highest BCUT2D eigenvalue weighted by Gasteiger charge is 2.26. The first-order chi connectivity index (χ1) is 16.6. The maximum absolute atomic E-state index is 13.1. The molecule has 4 rings (SSSR count). The Bertz CT molecular complexity index is 1380. The van der Waals surface area contributed by atoms with Gasteiger partial charge in [0.2, 0.25) is 10.0 Å². The highest BCUT2D eigenvalue weighted by atomic mass is 32.2. The van der Waals surface area contributed by atoms with Crippen molar-refractivity contribution in [2.24, 2.45) is 5.41 Å². The average molecular weight is 502 g/mol. The first-order valence-electron chi connectivity index (χ1n) is 12.3. The SMILES string of the molecule is CCOc1ccc(S(=O)(=O)NCC(C)(C)CC)cc1-c1nc2c(C3CCCC3)nc(C)n2c(=O)[nH]1. The summed E-state index contributed by atoms with van der Waals surface area (Å²) in [4.78, 5) is 25.4. The Labute approximate surface area is 206 Å². The van der Waals surface area contributed by atoms with Gasteiger partial charge in [0.05, 0.1) is 22.8 Å². The summed E-state index contributed by atoms with van der Waals surface area (Å²) in [7, 11) is -3.78. The van der Waals surface area contributed by atoms with Crippen LogP contribution in [-0.2, 0) is 10.0 Å². The van der Waals surface area contributed by atoms with Gasteiger partial charge in [-0.3, -0.25) is 4.98 Å². The number of sulfonamides is 1. The molecule has 0 spiro atoms. The molecule has 1 aromatic carbocycles. The number of fused-ring (bicyclic) bond motifs is 1. The van der Waals surface area contributed by atoms with E-state index in [0.717, 1.165) is 37.8 Å². The molecule has 1 fully saturated rings. The molecule has 35 heavy (non-hydrogen) atoms. The van der Waals surface area contributed by atoms with E-state index < -0.39 is 10.0 Å². The Hall–Kier alpha value is -2.72. The zero-order chi connectivity index (χ0) is 25.4. The van der Waals surface area contributed by atoms with Crippen LogP contribution >= 0.6 is 0 Å². The van der Waals surface area contributed by atoms with Gasteiger partial charge < -0.3 is 4.74 Å². The average Bonchev–Trinajstić information content (AvgIpc) is 3.46. The quantitative estimate of drug-likeness (QED) is 0.454. The van der Waals surface area contributed by atoms with Crippen molar-refractivity contribution in [3.8, 4) is 17.1 Å². The fourth-order valence-corrected chi connectivity index (χ4v) is 5.69. The van der Waals surface area contributed by atoms with Crippen molar-refractivity contribution in [3.63, 3.8) is 0 Å². The first kappa shape index (κ1) is 25.4. The lowest BCUT2D eigenvalue weighted by Gasteiger charge is -2.23. The van der Waals surface area contributed by atoms with Gasteiger partial charge in [-0.2, -0.15) is 0 Å². The molecule has 1 aliphatic carbocycles. The van der Waals surface area contributed by atoms with Crippen LogP contribution in [0.5, 0.6) is 5.75 Å². The van der Waals surface area contributed by atoms with Gasteiger partial charge in [-0.15, -0.1) is 0 Å². The van der Waals surface area contributed by atoms with Crippen LogP contribution in [0.2, 0.25) is 0 Å². The Morgan fingerprint density at radius 3 is 2.57 bits per heavy atom. The lowest BCUT2D eigenvalue weighted by atomic mass is 9.91. The molecule has 0 saturated heterocycles. The van der Waals surface area contributed by atoms with Gasteiger partial charge in [-0.1, -0.05) is 33.6 Å². The van der Waals surface area contributed by atoms with Crippen molar-refractivity contribution in [1.29, 1.82) is 0 Å². The number of aryl methyl sites for hydroxylation is 1. The second-order valence-corrected chi connectivity index (χ2v) is 11.8. The van der Waals surface area contributed by atoms with Crippen LogP contribution in [0.15, 0.2) is 27.9 Å². The molecular formula is C25H35N5O4S. The third kappa shape index (κ3) is 5.13. The molecule has 0 aliphatic heterocycles. The van der Waals surface area contributed by atoms with Crippen LogP contribution in [-0.4, -0.2) is 40.9 Å². The first-order valence-corrected chi connectivity index (χ1v) is 13.8. The second-order valence-electron chi connectivity index (χ2n) is 10.0. The van der Waals surface area contributed by atoms with Crippen LogP contribution in [0, 0.1) is 12.3 Å². The third-order valence-electron chi connectivity index (χ3n) is 6.95. The molecule has 3 aromatic rings. The molecule has 0 bridgehead atoms. The highest BCUT2D eigenvalue weighted by molar-refractivity contribution is 7.89. The van der Waals surface area contributed by atoms with E-state index in [0.29, 0.717) is 35.9 Å². The standard InChI is InChI=1S/C25H35N5O4S/c1-6-25(4,5)15-26-35(32,33)18-12-13-20(34-7-2)19(14-18)22-28-23-21(17-10-8-9-11-17)27-16(3)30(23)24(31)29-22/h12-14,17,26H,6-11,15H2,1-5H3,(H,28,29,31). The van der Waals surface area contributed by atoms with Crippen LogP contribution in [0.3, 0.4) is 0 Å². The van der Waals surface area contributed by atoms with Gasteiger partial charge in [-0.05, 0) is 56.7 Å². The zero-order valence-corrected chi connectivity index (χ0v) is 22.0. The van der Waals surface area contributed by atoms with Gasteiger partial charge in [0.15, 0.2) is 5.65 Å². The van der Waals surface area contributed by atoms with E-state index >= 15 is 0 Å². The lowest BCUT2D eigenvalue weighted by molar-refractivity contribution is 0.341. The molecular weight excluding hydrogens is 466 g/mol. The third-order valence-corrected chi connectivity index (χ3v) is 8.35. The second kappa shape index (κ2) is 9.73. The minimum atomic E-state index is -3.78. The number of aromatic amines is 1. The van der Waals surface area contributed by atoms with Crippen molar-refractivity contribution < 1.29 is 13.2 Å². The minimum absolute atomic E-state index is 0.0890. The summed E-state index contributed by atoms with van der Waals surface area (Å²) in [6.07, 6.45) is 5.15. The Kier molecular flexibility index (Phi) is 7.06. The number of imidazole rings is 1. The number of nitrogens with one attached hydrogen (secondary N) is 2. The molecule has 190 valence electrons. The summed E-state index contributed by atoms with van der Waals surface area (Å²) in [5, 5.41) is 0. The molecule has 1 aliphatic rings. The molecule has 2 heterocycles. The molecule has 1 saturated carbocycles. The number of H-pyrrole nitrogens is 1. The van der Waals surface area contributed by atoms with Crippen LogP contribution in [0.4, 0.5) is 0 Å². The van der Waals surface area contributed by atoms with Crippen molar-refractivity contribution >= 4 is 15.7 Å². The fraction of sp³-hybridized carbons (Fsp3) is 0.560. The molecule has 0 radical (unpaired) electrons. The van der Waals surface area contributed by atoms with Gasteiger partial charge in [-0.25, -0.2) is 32.3 Å². The van der Waals surface area contributed by atoms with Gasteiger partial charge in [0.1, 0.15) is 17.4 Å². The Balaban J connectivity index is 1.83. The van der Waals surface area contributed by atoms with E-state index in [9.17, 15) is 13.2 Å². The van der Waals surface area contributed by atoms with Gasteiger partial charge in [0.25, 0.3) is 0 Å². The van der Waals surface area contributed by atoms with Crippen molar-refractivity contribution in [1.82, 2.24) is 24.1 Å². The number of ether oxygens (including phenoxy) is 1. The smallest absolute Gasteiger partial charge is 0.334 e. The summed E-state index contributed by atoms with van der Waals surface area (Å²) in [5.41, 5.74) is 1.23. The van der Waals surface area contributed by atoms with Crippen LogP contribution < -0.4 is 15.1 Å². The van der Waals surface area contributed by atoms with E-state index in [1.807, 2.05) is 27.7 Å². The topological polar surface area (TPSA) is 118 Å². The molecule has 2 N–H and O–H groups in total. The lowest BCUT2D eigenvalue weighted by Crippen LogP contribution is -2.33. The summed E-state index contributed by atoms with van der Waals surface area (Å²) >= 11 is 0.